The number of hydrogen-bond donors (Lipinski definition) is 2. The summed E-state index contributed by atoms with van der Waals surface area (Å²) in [5.74, 6) is -0.545. The van der Waals surface area contributed by atoms with Crippen LogP contribution in [0.25, 0.3) is 10.8 Å². The topological polar surface area (TPSA) is 117 Å². The molecule has 3 amide bonds. The smallest absolute Gasteiger partial charge is 0.278 e. The summed E-state index contributed by atoms with van der Waals surface area (Å²) in [5.41, 5.74) is 1.95. The molecule has 3 aromatic carbocycles. The fourth-order valence-corrected chi connectivity index (χ4v) is 5.26. The van der Waals surface area contributed by atoms with E-state index in [9.17, 15) is 14.4 Å². The normalized spacial score (nSPS) is 15.3. The molecule has 2 atom stereocenters. The highest BCUT2D eigenvalue weighted by Crippen LogP contribution is 2.37. The quantitative estimate of drug-likeness (QED) is 0.309. The van der Waals surface area contributed by atoms with Crippen molar-refractivity contribution in [3.8, 4) is 5.75 Å². The van der Waals surface area contributed by atoms with E-state index in [0.717, 1.165) is 20.8 Å². The van der Waals surface area contributed by atoms with Gasteiger partial charge in [-0.3, -0.25) is 19.4 Å². The molecule has 1 aromatic heterocycles. The summed E-state index contributed by atoms with van der Waals surface area (Å²) in [7, 11) is 3.25. The van der Waals surface area contributed by atoms with Gasteiger partial charge in [-0.25, -0.2) is 4.98 Å². The van der Waals surface area contributed by atoms with Gasteiger partial charge in [0.2, 0.25) is 5.91 Å². The molecule has 5 rings (SSSR count). The first-order chi connectivity index (χ1) is 19.8. The fraction of sp³-hybridized carbons (Fsp3) is 0.233. The van der Waals surface area contributed by atoms with Crippen molar-refractivity contribution in [2.24, 2.45) is 0 Å². The van der Waals surface area contributed by atoms with E-state index in [0.29, 0.717) is 17.1 Å². The zero-order valence-electron chi connectivity index (χ0n) is 23.2. The van der Waals surface area contributed by atoms with Gasteiger partial charge in [0.05, 0.1) is 43.8 Å². The number of para-hydroxylation sites is 2. The van der Waals surface area contributed by atoms with Crippen LogP contribution in [0.15, 0.2) is 77.7 Å². The molecule has 0 saturated heterocycles. The molecule has 1 aliphatic rings. The van der Waals surface area contributed by atoms with Gasteiger partial charge in [0.1, 0.15) is 17.5 Å². The Hall–Kier alpha value is -4.06. The average molecular weight is 654 g/mol. The minimum Gasteiger partial charge on any atom is -0.496 e. The number of likely N-dealkylation sites (N-methyl/N-ethyl adjacent to an activating group) is 1. The molecule has 1 aliphatic heterocycles. The predicted molar refractivity (Wildman–Crippen MR) is 167 cm³/mol. The van der Waals surface area contributed by atoms with Gasteiger partial charge in [0.25, 0.3) is 11.8 Å². The number of aromatic nitrogens is 2. The number of nitrogens with one attached hydrogen (secondary N) is 2. The number of carbonyl (C=O) groups is 3. The Morgan fingerprint density at radius 3 is 2.57 bits per heavy atom. The Morgan fingerprint density at radius 1 is 1.12 bits per heavy atom. The van der Waals surface area contributed by atoms with Gasteiger partial charge >= 0.3 is 0 Å². The van der Waals surface area contributed by atoms with Gasteiger partial charge < -0.3 is 25.2 Å². The number of methoxy groups -OCH3 is 1. The SMILES string of the molecule is CN[C@@H](C)C(=O)N[C@H]1CN(C(=O)c2cnccn2)c2ccccc2N(Cc2c(OC)ccc3cc(Br)ccc23)C1=O.Cl. The fourth-order valence-electron chi connectivity index (χ4n) is 4.88. The van der Waals surface area contributed by atoms with Crippen LogP contribution in [0.3, 0.4) is 0 Å². The van der Waals surface area contributed by atoms with Crippen LogP contribution in [0.4, 0.5) is 11.4 Å². The Balaban J connectivity index is 0.00000405. The maximum absolute atomic E-state index is 14.3. The molecule has 0 radical (unpaired) electrons. The molecule has 2 N–H and O–H groups in total. The van der Waals surface area contributed by atoms with Crippen LogP contribution in [-0.4, -0.2) is 60.5 Å². The van der Waals surface area contributed by atoms with Crippen molar-refractivity contribution in [3.05, 3.63) is 88.9 Å². The Bertz CT molecular complexity index is 1620. The summed E-state index contributed by atoms with van der Waals surface area (Å²) in [4.78, 5) is 52.4. The van der Waals surface area contributed by atoms with Crippen molar-refractivity contribution in [3.63, 3.8) is 0 Å². The number of anilines is 2. The van der Waals surface area contributed by atoms with Crippen molar-refractivity contribution >= 4 is 68.2 Å². The van der Waals surface area contributed by atoms with Crippen LogP contribution in [0.1, 0.15) is 23.0 Å². The highest BCUT2D eigenvalue weighted by Gasteiger charge is 2.38. The number of rotatable bonds is 7. The van der Waals surface area contributed by atoms with E-state index in [-0.39, 0.29) is 43.0 Å². The average Bonchev–Trinajstić information content (AvgIpc) is 3.11. The van der Waals surface area contributed by atoms with E-state index in [2.05, 4.69) is 36.5 Å². The van der Waals surface area contributed by atoms with Crippen molar-refractivity contribution in [1.29, 1.82) is 0 Å². The third kappa shape index (κ3) is 6.08. The number of nitrogens with zero attached hydrogens (tertiary/aromatic N) is 4. The van der Waals surface area contributed by atoms with Crippen LogP contribution in [0.5, 0.6) is 5.75 Å². The number of fused-ring (bicyclic) bond motifs is 2. The van der Waals surface area contributed by atoms with E-state index < -0.39 is 18.0 Å². The molecule has 218 valence electrons. The predicted octanol–water partition coefficient (Wildman–Crippen LogP) is 4.11. The first-order valence-corrected chi connectivity index (χ1v) is 13.8. The summed E-state index contributed by atoms with van der Waals surface area (Å²) in [5, 5.41) is 7.64. The van der Waals surface area contributed by atoms with Gasteiger partial charge in [-0.15, -0.1) is 12.4 Å². The standard InChI is InChI=1S/C30H29BrN6O4.ClH/c1-18(32-2)28(38)35-24-17-37(29(39)23-15-33-12-13-34-23)26-7-5-4-6-25(26)36(30(24)40)16-22-21-10-9-20(31)14-19(21)8-11-27(22)41-3;/h4-15,18,24,32H,16-17H2,1-3H3,(H,35,38);1H/t18-,24-;/m0./s1. The van der Waals surface area contributed by atoms with Crippen LogP contribution < -0.4 is 25.2 Å². The second-order valence-corrected chi connectivity index (χ2v) is 10.5. The van der Waals surface area contributed by atoms with Crippen LogP contribution in [0.2, 0.25) is 0 Å². The molecule has 2 heterocycles. The van der Waals surface area contributed by atoms with Gasteiger partial charge in [-0.2, -0.15) is 0 Å². The first-order valence-electron chi connectivity index (χ1n) is 13.0. The van der Waals surface area contributed by atoms with E-state index in [1.54, 1.807) is 44.2 Å². The zero-order chi connectivity index (χ0) is 29.1. The van der Waals surface area contributed by atoms with Crippen LogP contribution in [-0.2, 0) is 16.1 Å². The van der Waals surface area contributed by atoms with Crippen molar-refractivity contribution in [2.45, 2.75) is 25.6 Å². The van der Waals surface area contributed by atoms with Crippen molar-refractivity contribution in [2.75, 3.05) is 30.5 Å². The summed E-state index contributed by atoms with van der Waals surface area (Å²) in [6.07, 6.45) is 4.30. The highest BCUT2D eigenvalue weighted by atomic mass is 79.9. The molecule has 0 fully saturated rings. The lowest BCUT2D eigenvalue weighted by molar-refractivity contribution is -0.128. The van der Waals surface area contributed by atoms with Gasteiger partial charge in [0, 0.05) is 22.4 Å². The van der Waals surface area contributed by atoms with E-state index >= 15 is 0 Å². The molecule has 42 heavy (non-hydrogen) atoms. The molecule has 0 saturated carbocycles. The maximum atomic E-state index is 14.3. The Kier molecular flexibility index (Phi) is 9.77. The lowest BCUT2D eigenvalue weighted by Gasteiger charge is -2.27. The van der Waals surface area contributed by atoms with Crippen molar-refractivity contribution in [1.82, 2.24) is 20.6 Å². The van der Waals surface area contributed by atoms with Crippen LogP contribution >= 0.6 is 28.3 Å². The largest absolute Gasteiger partial charge is 0.496 e. The molecule has 12 heteroatoms. The molecule has 0 unspecified atom stereocenters. The molecule has 0 spiro atoms. The molecular formula is C30H30BrClN6O4. The van der Waals surface area contributed by atoms with E-state index in [1.807, 2.05) is 36.4 Å². The molecule has 0 bridgehead atoms. The van der Waals surface area contributed by atoms with E-state index in [4.69, 9.17) is 4.74 Å². The Labute approximate surface area is 258 Å². The van der Waals surface area contributed by atoms with Crippen LogP contribution in [0, 0.1) is 0 Å². The van der Waals surface area contributed by atoms with Gasteiger partial charge in [-0.05, 0) is 55.1 Å². The molecule has 4 aromatic rings. The number of benzene rings is 3. The summed E-state index contributed by atoms with van der Waals surface area (Å²) in [6.45, 7) is 1.74. The first kappa shape index (κ1) is 30.9. The zero-order valence-corrected chi connectivity index (χ0v) is 25.6. The minimum atomic E-state index is -1.04. The molecule has 0 aliphatic carbocycles. The minimum absolute atomic E-state index is 0. The third-order valence-corrected chi connectivity index (χ3v) is 7.64. The summed E-state index contributed by atoms with van der Waals surface area (Å²) >= 11 is 3.53. The monoisotopic (exact) mass is 652 g/mol. The van der Waals surface area contributed by atoms with Gasteiger partial charge in [0.15, 0.2) is 0 Å². The highest BCUT2D eigenvalue weighted by molar-refractivity contribution is 9.10. The maximum Gasteiger partial charge on any atom is 0.278 e. The number of hydrogen-bond acceptors (Lipinski definition) is 7. The van der Waals surface area contributed by atoms with Gasteiger partial charge in [-0.1, -0.05) is 40.2 Å². The molecular weight excluding hydrogens is 624 g/mol. The number of amides is 3. The van der Waals surface area contributed by atoms with Crippen molar-refractivity contribution < 1.29 is 19.1 Å². The Morgan fingerprint density at radius 2 is 1.88 bits per heavy atom. The third-order valence-electron chi connectivity index (χ3n) is 7.15. The lowest BCUT2D eigenvalue weighted by atomic mass is 10.0. The van der Waals surface area contributed by atoms with E-state index in [1.165, 1.54) is 23.5 Å². The summed E-state index contributed by atoms with van der Waals surface area (Å²) < 4.78 is 6.65. The lowest BCUT2D eigenvalue weighted by Crippen LogP contribution is -2.55. The number of halogens is 2. The molecule has 10 nitrogen and oxygen atoms in total. The summed E-state index contributed by atoms with van der Waals surface area (Å²) in [6, 6.07) is 15.3. The second kappa shape index (κ2) is 13.3. The second-order valence-electron chi connectivity index (χ2n) is 9.60. The number of carbonyl (C=O) groups excluding carboxylic acids is 3. The number of ether oxygens (including phenoxy) is 1.